The second-order valence-corrected chi connectivity index (χ2v) is 6.22. The summed E-state index contributed by atoms with van der Waals surface area (Å²) in [6.07, 6.45) is 1.30. The van der Waals surface area contributed by atoms with Crippen molar-refractivity contribution in [2.75, 3.05) is 25.4 Å². The molecule has 1 rings (SSSR count). The van der Waals surface area contributed by atoms with E-state index in [1.54, 1.807) is 13.0 Å². The Morgan fingerprint density at radius 3 is 2.75 bits per heavy atom. The van der Waals surface area contributed by atoms with Crippen molar-refractivity contribution in [1.29, 1.82) is 0 Å². The Hall–Kier alpha value is -1.38. The van der Waals surface area contributed by atoms with Gasteiger partial charge in [-0.15, -0.1) is 0 Å². The Bertz CT molecular complexity index is 591. The van der Waals surface area contributed by atoms with Gasteiger partial charge in [0.2, 0.25) is 0 Å². The van der Waals surface area contributed by atoms with Crippen molar-refractivity contribution >= 4 is 33.5 Å². The molecule has 0 aliphatic heterocycles. The maximum atomic E-state index is 12.0. The molecule has 1 N–H and O–H groups in total. The third kappa shape index (κ3) is 4.62. The van der Waals surface area contributed by atoms with E-state index in [9.17, 15) is 13.2 Å². The van der Waals surface area contributed by atoms with E-state index in [-0.39, 0.29) is 13.0 Å². The lowest BCUT2D eigenvalue weighted by atomic mass is 10.3. The second-order valence-electron chi connectivity index (χ2n) is 4.09. The van der Waals surface area contributed by atoms with E-state index < -0.39 is 16.2 Å². The number of esters is 1. The lowest BCUT2D eigenvalue weighted by Gasteiger charge is -2.17. The normalized spacial score (nSPS) is 11.4. The molecule has 0 amide bonds. The Kier molecular flexibility index (Phi) is 5.73. The Labute approximate surface area is 123 Å². The third-order valence-corrected chi connectivity index (χ3v) is 4.42. The van der Waals surface area contributed by atoms with Gasteiger partial charge >= 0.3 is 16.2 Å². The van der Waals surface area contributed by atoms with Crippen LogP contribution >= 0.6 is 11.6 Å². The summed E-state index contributed by atoms with van der Waals surface area (Å²) in [6, 6.07) is 1.57. The SMILES string of the molecule is COC(=O)CCN(C)S(=O)(=O)Nc1cnc(Cl)c(C)c1. The number of carbonyl (C=O) groups is 1. The number of hydrogen-bond acceptors (Lipinski definition) is 5. The van der Waals surface area contributed by atoms with E-state index in [2.05, 4.69) is 14.4 Å². The van der Waals surface area contributed by atoms with Gasteiger partial charge in [-0.3, -0.25) is 9.52 Å². The van der Waals surface area contributed by atoms with Gasteiger partial charge in [-0.05, 0) is 18.6 Å². The fourth-order valence-corrected chi connectivity index (χ4v) is 2.31. The van der Waals surface area contributed by atoms with Crippen LogP contribution in [0.1, 0.15) is 12.0 Å². The minimum Gasteiger partial charge on any atom is -0.469 e. The molecule has 0 fully saturated rings. The molecular weight excluding hydrogens is 306 g/mol. The quantitative estimate of drug-likeness (QED) is 0.628. The smallest absolute Gasteiger partial charge is 0.306 e. The first-order valence-corrected chi connectivity index (χ1v) is 7.51. The van der Waals surface area contributed by atoms with Crippen molar-refractivity contribution < 1.29 is 17.9 Å². The molecule has 0 aliphatic rings. The van der Waals surface area contributed by atoms with E-state index in [4.69, 9.17) is 11.6 Å². The van der Waals surface area contributed by atoms with Crippen molar-refractivity contribution in [3.63, 3.8) is 0 Å². The second kappa shape index (κ2) is 6.87. The predicted octanol–water partition coefficient (Wildman–Crippen LogP) is 1.20. The molecule has 1 heterocycles. The molecular formula is C11H16ClN3O4S. The van der Waals surface area contributed by atoms with Crippen LogP contribution in [0.4, 0.5) is 5.69 Å². The average molecular weight is 322 g/mol. The van der Waals surface area contributed by atoms with Crippen LogP contribution in [0.2, 0.25) is 5.15 Å². The number of aromatic nitrogens is 1. The lowest BCUT2D eigenvalue weighted by Crippen LogP contribution is -2.34. The molecule has 0 aromatic carbocycles. The topological polar surface area (TPSA) is 88.6 Å². The number of pyridine rings is 1. The number of hydrogen-bond donors (Lipinski definition) is 1. The molecule has 0 bridgehead atoms. The van der Waals surface area contributed by atoms with Gasteiger partial charge in [-0.2, -0.15) is 12.7 Å². The zero-order valence-corrected chi connectivity index (χ0v) is 13.0. The number of aryl methyl sites for hydroxylation is 1. The molecule has 112 valence electrons. The van der Waals surface area contributed by atoms with Gasteiger partial charge in [-0.1, -0.05) is 11.6 Å². The van der Waals surface area contributed by atoms with Crippen molar-refractivity contribution in [2.45, 2.75) is 13.3 Å². The lowest BCUT2D eigenvalue weighted by molar-refractivity contribution is -0.140. The van der Waals surface area contributed by atoms with Crippen LogP contribution in [-0.4, -0.2) is 44.4 Å². The van der Waals surface area contributed by atoms with Crippen LogP contribution < -0.4 is 4.72 Å². The number of nitrogens with zero attached hydrogens (tertiary/aromatic N) is 2. The van der Waals surface area contributed by atoms with Gasteiger partial charge in [0.15, 0.2) is 0 Å². The van der Waals surface area contributed by atoms with Crippen LogP contribution in [-0.2, 0) is 19.7 Å². The number of rotatable bonds is 6. The summed E-state index contributed by atoms with van der Waals surface area (Å²) in [5.41, 5.74) is 0.959. The summed E-state index contributed by atoms with van der Waals surface area (Å²) in [5, 5.41) is 0.312. The fourth-order valence-electron chi connectivity index (χ4n) is 1.31. The number of carbonyl (C=O) groups excluding carboxylic acids is 1. The molecule has 1 aromatic rings. The zero-order chi connectivity index (χ0) is 15.3. The third-order valence-electron chi connectivity index (χ3n) is 2.53. The molecule has 0 saturated heterocycles. The summed E-state index contributed by atoms with van der Waals surface area (Å²) in [7, 11) is -1.14. The minimum absolute atomic E-state index is 0.0159. The summed E-state index contributed by atoms with van der Waals surface area (Å²) < 4.78 is 31.8. The maximum Gasteiger partial charge on any atom is 0.306 e. The van der Waals surface area contributed by atoms with Gasteiger partial charge in [-0.25, -0.2) is 4.98 Å². The van der Waals surface area contributed by atoms with Crippen LogP contribution in [0.5, 0.6) is 0 Å². The van der Waals surface area contributed by atoms with Gasteiger partial charge < -0.3 is 4.74 Å². The number of nitrogens with one attached hydrogen (secondary N) is 1. The summed E-state index contributed by atoms with van der Waals surface area (Å²) in [4.78, 5) is 14.9. The maximum absolute atomic E-state index is 12.0. The van der Waals surface area contributed by atoms with Gasteiger partial charge in [0, 0.05) is 13.6 Å². The number of methoxy groups -OCH3 is 1. The fraction of sp³-hybridized carbons (Fsp3) is 0.455. The van der Waals surface area contributed by atoms with Gasteiger partial charge in [0.1, 0.15) is 5.15 Å². The molecule has 7 nitrogen and oxygen atoms in total. The highest BCUT2D eigenvalue weighted by molar-refractivity contribution is 7.90. The van der Waals surface area contributed by atoms with Gasteiger partial charge in [0.05, 0.1) is 25.4 Å². The van der Waals surface area contributed by atoms with Crippen LogP contribution in [0.25, 0.3) is 0 Å². The first-order chi connectivity index (χ1) is 9.26. The standard InChI is InChI=1S/C11H16ClN3O4S/c1-8-6-9(7-13-11(8)12)14-20(17,18)15(2)5-4-10(16)19-3/h6-7,14H,4-5H2,1-3H3. The van der Waals surface area contributed by atoms with Crippen LogP contribution in [0.15, 0.2) is 12.3 Å². The highest BCUT2D eigenvalue weighted by Gasteiger charge is 2.19. The van der Waals surface area contributed by atoms with E-state index in [0.717, 1.165) is 4.31 Å². The zero-order valence-electron chi connectivity index (χ0n) is 11.4. The van der Waals surface area contributed by atoms with E-state index in [1.807, 2.05) is 0 Å². The Balaban J connectivity index is 2.73. The summed E-state index contributed by atoms with van der Waals surface area (Å²) in [6.45, 7) is 1.73. The Morgan fingerprint density at radius 2 is 2.20 bits per heavy atom. The van der Waals surface area contributed by atoms with Crippen LogP contribution in [0.3, 0.4) is 0 Å². The molecule has 0 aliphatic carbocycles. The van der Waals surface area contributed by atoms with Crippen molar-refractivity contribution in [3.8, 4) is 0 Å². The van der Waals surface area contributed by atoms with E-state index >= 15 is 0 Å². The monoisotopic (exact) mass is 321 g/mol. The highest BCUT2D eigenvalue weighted by atomic mass is 35.5. The highest BCUT2D eigenvalue weighted by Crippen LogP contribution is 2.17. The van der Waals surface area contributed by atoms with Crippen molar-refractivity contribution in [1.82, 2.24) is 9.29 Å². The molecule has 0 radical (unpaired) electrons. The molecule has 0 saturated carbocycles. The molecule has 20 heavy (non-hydrogen) atoms. The predicted molar refractivity (Wildman–Crippen MR) is 75.8 cm³/mol. The van der Waals surface area contributed by atoms with Gasteiger partial charge in [0.25, 0.3) is 0 Å². The van der Waals surface area contributed by atoms with Crippen molar-refractivity contribution in [2.24, 2.45) is 0 Å². The molecule has 1 aromatic heterocycles. The van der Waals surface area contributed by atoms with Crippen molar-refractivity contribution in [3.05, 3.63) is 23.0 Å². The summed E-state index contributed by atoms with van der Waals surface area (Å²) in [5.74, 6) is -0.476. The molecule has 0 spiro atoms. The number of anilines is 1. The average Bonchev–Trinajstić information content (AvgIpc) is 2.39. The minimum atomic E-state index is -3.75. The summed E-state index contributed by atoms with van der Waals surface area (Å²) >= 11 is 5.76. The largest absolute Gasteiger partial charge is 0.469 e. The van der Waals surface area contributed by atoms with Crippen LogP contribution in [0, 0.1) is 6.92 Å². The Morgan fingerprint density at radius 1 is 1.55 bits per heavy atom. The first kappa shape index (κ1) is 16.7. The molecule has 9 heteroatoms. The molecule has 0 unspecified atom stereocenters. The number of ether oxygens (including phenoxy) is 1. The van der Waals surface area contributed by atoms with E-state index in [0.29, 0.717) is 16.4 Å². The van der Waals surface area contributed by atoms with E-state index in [1.165, 1.54) is 20.4 Å². The molecule has 0 atom stereocenters. The first-order valence-electron chi connectivity index (χ1n) is 5.69. The number of halogens is 1.